The Labute approximate surface area is 72.7 Å². The van der Waals surface area contributed by atoms with Crippen LogP contribution in [0.1, 0.15) is 6.42 Å². The molecule has 13 heavy (non-hydrogen) atoms. The molecule has 7 nitrogen and oxygen atoms in total. The Bertz CT molecular complexity index is 318. The average molecular weight is 182 g/mol. The summed E-state index contributed by atoms with van der Waals surface area (Å²) in [6.07, 6.45) is -0.140. The molecular weight excluding hydrogens is 176 g/mol. The Balaban J connectivity index is 2.62. The van der Waals surface area contributed by atoms with Crippen LogP contribution in [0, 0.1) is 5.92 Å². The molecule has 7 heteroatoms. The molecular formula is C6H6N4O3. The molecule has 1 aliphatic heterocycles. The third-order valence-electron chi connectivity index (χ3n) is 1.65. The van der Waals surface area contributed by atoms with Crippen molar-refractivity contribution in [2.75, 3.05) is 6.54 Å². The lowest BCUT2D eigenvalue weighted by molar-refractivity contribution is -0.130. The van der Waals surface area contributed by atoms with Crippen LogP contribution in [0.15, 0.2) is 5.11 Å². The molecule has 1 saturated heterocycles. The molecule has 1 fully saturated rings. The standard InChI is InChI=1S/C6H6N4O3/c7-10-8-2-4(11)3-1-5(12)9-6(3)13/h3H,1-2H2,(H,9,12,13). The second-order valence-electron chi connectivity index (χ2n) is 2.52. The highest BCUT2D eigenvalue weighted by molar-refractivity contribution is 6.14. The number of carbonyl (C=O) groups excluding carboxylic acids is 3. The van der Waals surface area contributed by atoms with Crippen molar-refractivity contribution in [2.24, 2.45) is 11.0 Å². The van der Waals surface area contributed by atoms with Crippen molar-refractivity contribution in [3.05, 3.63) is 10.4 Å². The number of Topliss-reactive ketones (excluding diaryl/α,β-unsaturated/α-hetero) is 1. The van der Waals surface area contributed by atoms with E-state index in [0.29, 0.717) is 0 Å². The molecule has 2 amide bonds. The van der Waals surface area contributed by atoms with Gasteiger partial charge in [-0.1, -0.05) is 5.11 Å². The highest BCUT2D eigenvalue weighted by Gasteiger charge is 2.35. The van der Waals surface area contributed by atoms with Gasteiger partial charge in [-0.3, -0.25) is 19.7 Å². The first-order valence-corrected chi connectivity index (χ1v) is 3.52. The Morgan fingerprint density at radius 1 is 1.69 bits per heavy atom. The summed E-state index contributed by atoms with van der Waals surface area (Å²) in [5.41, 5.74) is 7.91. The van der Waals surface area contributed by atoms with Gasteiger partial charge in [0, 0.05) is 11.3 Å². The molecule has 1 heterocycles. The van der Waals surface area contributed by atoms with E-state index in [2.05, 4.69) is 10.0 Å². The van der Waals surface area contributed by atoms with Gasteiger partial charge >= 0.3 is 0 Å². The maximum absolute atomic E-state index is 11.1. The van der Waals surface area contributed by atoms with E-state index in [-0.39, 0.29) is 13.0 Å². The average Bonchev–Trinajstić information content (AvgIpc) is 2.41. The van der Waals surface area contributed by atoms with Crippen LogP contribution < -0.4 is 5.32 Å². The van der Waals surface area contributed by atoms with E-state index in [9.17, 15) is 14.4 Å². The fourth-order valence-corrected chi connectivity index (χ4v) is 1.03. The van der Waals surface area contributed by atoms with E-state index in [1.54, 1.807) is 0 Å². The Hall–Kier alpha value is -1.88. The van der Waals surface area contributed by atoms with Crippen molar-refractivity contribution in [1.29, 1.82) is 0 Å². The first kappa shape index (κ1) is 9.21. The maximum Gasteiger partial charge on any atom is 0.237 e. The third kappa shape index (κ3) is 2.03. The van der Waals surface area contributed by atoms with Crippen molar-refractivity contribution in [3.63, 3.8) is 0 Å². The summed E-state index contributed by atoms with van der Waals surface area (Å²) in [6, 6.07) is 0. The number of carbonyl (C=O) groups is 3. The van der Waals surface area contributed by atoms with E-state index >= 15 is 0 Å². The van der Waals surface area contributed by atoms with Gasteiger partial charge in [-0.05, 0) is 5.53 Å². The zero-order valence-electron chi connectivity index (χ0n) is 6.56. The smallest absolute Gasteiger partial charge is 0.237 e. The van der Waals surface area contributed by atoms with Crippen LogP contribution in [-0.4, -0.2) is 24.1 Å². The zero-order valence-corrected chi connectivity index (χ0v) is 6.56. The zero-order chi connectivity index (χ0) is 9.84. The molecule has 1 unspecified atom stereocenters. The minimum absolute atomic E-state index is 0.140. The highest BCUT2D eigenvalue weighted by atomic mass is 16.2. The fraction of sp³-hybridized carbons (Fsp3) is 0.500. The van der Waals surface area contributed by atoms with Crippen LogP contribution in [0.2, 0.25) is 0 Å². The molecule has 0 aromatic carbocycles. The summed E-state index contributed by atoms with van der Waals surface area (Å²) >= 11 is 0. The lowest BCUT2D eigenvalue weighted by Crippen LogP contribution is -2.27. The van der Waals surface area contributed by atoms with Gasteiger partial charge in [-0.15, -0.1) is 0 Å². The number of nitrogens with zero attached hydrogens (tertiary/aromatic N) is 3. The second kappa shape index (κ2) is 3.68. The molecule has 1 N–H and O–H groups in total. The number of ketones is 1. The summed E-state index contributed by atoms with van der Waals surface area (Å²) in [6.45, 7) is -0.387. The Morgan fingerprint density at radius 3 is 2.85 bits per heavy atom. The van der Waals surface area contributed by atoms with Gasteiger partial charge in [-0.2, -0.15) is 0 Å². The predicted octanol–water partition coefficient (Wildman–Crippen LogP) is -0.471. The first-order chi connectivity index (χ1) is 6.15. The van der Waals surface area contributed by atoms with Crippen molar-refractivity contribution in [3.8, 4) is 0 Å². The molecule has 0 saturated carbocycles. The van der Waals surface area contributed by atoms with Gasteiger partial charge < -0.3 is 0 Å². The van der Waals surface area contributed by atoms with Crippen LogP contribution >= 0.6 is 0 Å². The quantitative estimate of drug-likeness (QED) is 0.209. The maximum atomic E-state index is 11.1. The molecule has 0 spiro atoms. The van der Waals surface area contributed by atoms with Crippen molar-refractivity contribution in [2.45, 2.75) is 6.42 Å². The number of imide groups is 1. The first-order valence-electron chi connectivity index (χ1n) is 3.52. The topological polar surface area (TPSA) is 112 Å². The minimum Gasteiger partial charge on any atom is -0.299 e. The second-order valence-corrected chi connectivity index (χ2v) is 2.52. The van der Waals surface area contributed by atoms with Crippen molar-refractivity contribution < 1.29 is 14.4 Å². The normalized spacial score (nSPS) is 20.8. The minimum atomic E-state index is -0.974. The lowest BCUT2D eigenvalue weighted by Gasteiger charge is -1.99. The molecule has 68 valence electrons. The summed E-state index contributed by atoms with van der Waals surface area (Å²) in [5, 5.41) is 5.01. The summed E-state index contributed by atoms with van der Waals surface area (Å²) in [4.78, 5) is 35.0. The number of nitrogens with one attached hydrogen (secondary N) is 1. The van der Waals surface area contributed by atoms with Gasteiger partial charge in [0.1, 0.15) is 5.92 Å². The van der Waals surface area contributed by atoms with Crippen LogP contribution in [0.3, 0.4) is 0 Å². The van der Waals surface area contributed by atoms with E-state index in [0.717, 1.165) is 0 Å². The van der Waals surface area contributed by atoms with Crippen molar-refractivity contribution >= 4 is 17.6 Å². The van der Waals surface area contributed by atoms with Crippen LogP contribution in [0.5, 0.6) is 0 Å². The molecule has 0 aliphatic carbocycles. The van der Waals surface area contributed by atoms with Gasteiger partial charge in [0.05, 0.1) is 6.54 Å². The molecule has 1 atom stereocenters. The SMILES string of the molecule is [N-]=[N+]=NCC(=O)C1CC(=O)NC1=O. The van der Waals surface area contributed by atoms with Gasteiger partial charge in [0.2, 0.25) is 11.8 Å². The van der Waals surface area contributed by atoms with Crippen molar-refractivity contribution in [1.82, 2.24) is 5.32 Å². The van der Waals surface area contributed by atoms with E-state index in [1.807, 2.05) is 5.32 Å². The largest absolute Gasteiger partial charge is 0.299 e. The van der Waals surface area contributed by atoms with Crippen LogP contribution in [0.4, 0.5) is 0 Å². The van der Waals surface area contributed by atoms with E-state index < -0.39 is 23.5 Å². The Kier molecular flexibility index (Phi) is 2.61. The molecule has 0 aromatic heterocycles. The Morgan fingerprint density at radius 2 is 2.38 bits per heavy atom. The predicted molar refractivity (Wildman–Crippen MR) is 40.3 cm³/mol. The monoisotopic (exact) mass is 182 g/mol. The number of hydrogen-bond acceptors (Lipinski definition) is 4. The van der Waals surface area contributed by atoms with E-state index in [1.165, 1.54) is 0 Å². The van der Waals surface area contributed by atoms with E-state index in [4.69, 9.17) is 5.53 Å². The third-order valence-corrected chi connectivity index (χ3v) is 1.65. The highest BCUT2D eigenvalue weighted by Crippen LogP contribution is 2.11. The molecule has 1 rings (SSSR count). The lowest BCUT2D eigenvalue weighted by atomic mass is 10.0. The summed E-state index contributed by atoms with van der Waals surface area (Å²) < 4.78 is 0. The summed E-state index contributed by atoms with van der Waals surface area (Å²) in [5.74, 6) is -2.58. The number of rotatable bonds is 3. The van der Waals surface area contributed by atoms with Crippen LogP contribution in [0.25, 0.3) is 10.4 Å². The van der Waals surface area contributed by atoms with Gasteiger partial charge in [0.15, 0.2) is 5.78 Å². The molecule has 0 bridgehead atoms. The van der Waals surface area contributed by atoms with Gasteiger partial charge in [0.25, 0.3) is 0 Å². The van der Waals surface area contributed by atoms with Crippen LogP contribution in [-0.2, 0) is 14.4 Å². The molecule has 1 aliphatic rings. The fourth-order valence-electron chi connectivity index (χ4n) is 1.03. The molecule has 0 aromatic rings. The number of azide groups is 1. The summed E-state index contributed by atoms with van der Waals surface area (Å²) in [7, 11) is 0. The number of amides is 2. The molecule has 0 radical (unpaired) electrons. The van der Waals surface area contributed by atoms with Gasteiger partial charge in [-0.25, -0.2) is 0 Å². The number of hydrogen-bond donors (Lipinski definition) is 1.